The lowest BCUT2D eigenvalue weighted by Crippen LogP contribution is -2.45. The van der Waals surface area contributed by atoms with Crippen molar-refractivity contribution < 1.29 is 4.79 Å². The van der Waals surface area contributed by atoms with Gasteiger partial charge in [0.2, 0.25) is 0 Å². The molecule has 30 heavy (non-hydrogen) atoms. The number of hydrogen-bond donors (Lipinski definition) is 2. The van der Waals surface area contributed by atoms with Gasteiger partial charge in [0, 0.05) is 42.6 Å². The van der Waals surface area contributed by atoms with E-state index in [1.165, 1.54) is 16.5 Å². The fourth-order valence-electron chi connectivity index (χ4n) is 4.58. The van der Waals surface area contributed by atoms with E-state index in [1.54, 1.807) is 0 Å². The summed E-state index contributed by atoms with van der Waals surface area (Å²) in [6, 6.07) is 14.4. The highest BCUT2D eigenvalue weighted by Crippen LogP contribution is 2.29. The Kier molecular flexibility index (Phi) is 4.59. The average Bonchev–Trinajstić information content (AvgIpc) is 3.33. The van der Waals surface area contributed by atoms with Crippen molar-refractivity contribution in [3.8, 4) is 11.5 Å². The lowest BCUT2D eigenvalue weighted by molar-refractivity contribution is 0.0709. The predicted molar refractivity (Wildman–Crippen MR) is 120 cm³/mol. The smallest absolute Gasteiger partial charge is 0.253 e. The highest BCUT2D eigenvalue weighted by molar-refractivity contribution is 5.98. The molecule has 2 aromatic heterocycles. The number of aromatic nitrogens is 3. The van der Waals surface area contributed by atoms with Crippen molar-refractivity contribution in [2.24, 2.45) is 12.8 Å². The molecule has 1 amide bonds. The number of aryl methyl sites for hydroxylation is 2. The van der Waals surface area contributed by atoms with E-state index in [0.717, 1.165) is 48.4 Å². The Morgan fingerprint density at radius 2 is 2.13 bits per heavy atom. The third-order valence-electron chi connectivity index (χ3n) is 6.24. The van der Waals surface area contributed by atoms with Gasteiger partial charge in [-0.1, -0.05) is 25.1 Å². The molecule has 1 aliphatic heterocycles. The lowest BCUT2D eigenvalue weighted by atomic mass is 10.1. The fourth-order valence-corrected chi connectivity index (χ4v) is 4.58. The Balaban J connectivity index is 1.54. The number of likely N-dealkylation sites (tertiary alicyclic amines) is 1. The van der Waals surface area contributed by atoms with Crippen molar-refractivity contribution in [3.63, 3.8) is 0 Å². The van der Waals surface area contributed by atoms with Crippen LogP contribution in [0.5, 0.6) is 0 Å². The Labute approximate surface area is 175 Å². The van der Waals surface area contributed by atoms with Crippen LogP contribution in [0.3, 0.4) is 0 Å². The zero-order valence-corrected chi connectivity index (χ0v) is 17.5. The number of para-hydroxylation sites is 1. The number of carbonyl (C=O) groups is 1. The van der Waals surface area contributed by atoms with Crippen LogP contribution in [0.4, 0.5) is 0 Å². The largest absolute Gasteiger partial charge is 0.352 e. The van der Waals surface area contributed by atoms with Crippen molar-refractivity contribution in [2.75, 3.05) is 13.1 Å². The van der Waals surface area contributed by atoms with Crippen molar-refractivity contribution in [2.45, 2.75) is 32.2 Å². The zero-order chi connectivity index (χ0) is 20.8. The van der Waals surface area contributed by atoms with Crippen molar-refractivity contribution in [1.82, 2.24) is 19.4 Å². The fraction of sp³-hybridized carbons (Fsp3) is 0.333. The average molecular weight is 402 g/mol. The number of carbonyl (C=O) groups excluding carboxylic acids is 1. The molecule has 0 radical (unpaired) electrons. The number of fused-ring (bicyclic) bond motifs is 2. The van der Waals surface area contributed by atoms with Crippen LogP contribution in [0.2, 0.25) is 0 Å². The minimum absolute atomic E-state index is 0.0393. The van der Waals surface area contributed by atoms with Gasteiger partial charge in [-0.25, -0.2) is 4.98 Å². The van der Waals surface area contributed by atoms with Gasteiger partial charge in [0.1, 0.15) is 0 Å². The zero-order valence-electron chi connectivity index (χ0n) is 17.5. The first-order chi connectivity index (χ1) is 14.5. The van der Waals surface area contributed by atoms with Crippen molar-refractivity contribution >= 4 is 27.8 Å². The SMILES string of the molecule is CCc1cccc2cc(-c3nc4cc(C(=O)N5CCCC(N)C5)ccc4n3C)[nH]c12. The topological polar surface area (TPSA) is 79.9 Å². The van der Waals surface area contributed by atoms with Gasteiger partial charge in [-0.05, 0) is 49.1 Å². The summed E-state index contributed by atoms with van der Waals surface area (Å²) in [5, 5.41) is 1.19. The molecule has 0 bridgehead atoms. The number of nitrogens with one attached hydrogen (secondary N) is 1. The van der Waals surface area contributed by atoms with Gasteiger partial charge < -0.3 is 20.2 Å². The van der Waals surface area contributed by atoms with Gasteiger partial charge in [0.15, 0.2) is 5.82 Å². The second kappa shape index (κ2) is 7.29. The summed E-state index contributed by atoms with van der Waals surface area (Å²) in [4.78, 5) is 23.3. The molecule has 1 atom stereocenters. The number of H-pyrrole nitrogens is 1. The Morgan fingerprint density at radius 1 is 1.27 bits per heavy atom. The Bertz CT molecular complexity index is 1250. The van der Waals surface area contributed by atoms with Gasteiger partial charge >= 0.3 is 0 Å². The summed E-state index contributed by atoms with van der Waals surface area (Å²) < 4.78 is 2.08. The molecular weight excluding hydrogens is 374 g/mol. The predicted octanol–water partition coefficient (Wildman–Crippen LogP) is 3.85. The normalized spacial score (nSPS) is 17.2. The monoisotopic (exact) mass is 401 g/mol. The summed E-state index contributed by atoms with van der Waals surface area (Å²) in [6.07, 6.45) is 2.92. The van der Waals surface area contributed by atoms with Gasteiger partial charge in [0.25, 0.3) is 5.91 Å². The van der Waals surface area contributed by atoms with E-state index < -0.39 is 0 Å². The Morgan fingerprint density at radius 3 is 2.93 bits per heavy atom. The van der Waals surface area contributed by atoms with Crippen LogP contribution in [0.25, 0.3) is 33.5 Å². The molecule has 1 aliphatic rings. The quantitative estimate of drug-likeness (QED) is 0.547. The van der Waals surface area contributed by atoms with E-state index in [1.807, 2.05) is 30.1 Å². The highest BCUT2D eigenvalue weighted by Gasteiger charge is 2.23. The summed E-state index contributed by atoms with van der Waals surface area (Å²) in [7, 11) is 2.02. The molecule has 1 unspecified atom stereocenters. The molecule has 3 N–H and O–H groups in total. The standard InChI is InChI=1S/C24H27N5O/c1-3-15-6-4-7-16-12-20(26-22(15)16)23-27-19-13-17(9-10-21(19)28(23)2)24(30)29-11-5-8-18(25)14-29/h4,6-7,9-10,12-13,18,26H,3,5,8,11,14,25H2,1-2H3. The van der Waals surface area contributed by atoms with Crippen molar-refractivity contribution in [1.29, 1.82) is 0 Å². The maximum Gasteiger partial charge on any atom is 0.253 e. The van der Waals surface area contributed by atoms with E-state index >= 15 is 0 Å². The first kappa shape index (κ1) is 18.9. The highest BCUT2D eigenvalue weighted by atomic mass is 16.2. The number of nitrogens with zero attached hydrogens (tertiary/aromatic N) is 3. The van der Waals surface area contributed by atoms with Crippen LogP contribution < -0.4 is 5.73 Å². The summed E-state index contributed by atoms with van der Waals surface area (Å²) in [5.41, 5.74) is 12.0. The number of hydrogen-bond acceptors (Lipinski definition) is 3. The maximum atomic E-state index is 13.0. The minimum atomic E-state index is 0.0393. The third-order valence-corrected chi connectivity index (χ3v) is 6.24. The third kappa shape index (κ3) is 3.08. The number of aromatic amines is 1. The summed E-state index contributed by atoms with van der Waals surface area (Å²) in [6.45, 7) is 3.56. The summed E-state index contributed by atoms with van der Waals surface area (Å²) >= 11 is 0. The first-order valence-electron chi connectivity index (χ1n) is 10.7. The van der Waals surface area contributed by atoms with Gasteiger partial charge in [-0.15, -0.1) is 0 Å². The molecule has 6 nitrogen and oxygen atoms in total. The number of benzene rings is 2. The number of amides is 1. The molecule has 154 valence electrons. The molecule has 0 saturated carbocycles. The minimum Gasteiger partial charge on any atom is -0.352 e. The number of piperidine rings is 1. The van der Waals surface area contributed by atoms with Crippen LogP contribution in [0.1, 0.15) is 35.7 Å². The van der Waals surface area contributed by atoms with E-state index in [-0.39, 0.29) is 11.9 Å². The van der Waals surface area contributed by atoms with E-state index in [9.17, 15) is 4.79 Å². The molecular formula is C24H27N5O. The van der Waals surface area contributed by atoms with Crippen LogP contribution >= 0.6 is 0 Å². The van der Waals surface area contributed by atoms with Gasteiger partial charge in [-0.3, -0.25) is 4.79 Å². The van der Waals surface area contributed by atoms with Crippen LogP contribution in [0, 0.1) is 0 Å². The molecule has 5 rings (SSSR count). The maximum absolute atomic E-state index is 13.0. The van der Waals surface area contributed by atoms with Gasteiger partial charge in [0.05, 0.1) is 16.7 Å². The molecule has 6 heteroatoms. The molecule has 1 saturated heterocycles. The van der Waals surface area contributed by atoms with Crippen molar-refractivity contribution in [3.05, 3.63) is 53.6 Å². The lowest BCUT2D eigenvalue weighted by Gasteiger charge is -2.30. The van der Waals surface area contributed by atoms with E-state index in [4.69, 9.17) is 10.7 Å². The van der Waals surface area contributed by atoms with Crippen LogP contribution in [0.15, 0.2) is 42.5 Å². The van der Waals surface area contributed by atoms with Crippen LogP contribution in [-0.2, 0) is 13.5 Å². The number of imidazole rings is 1. The second-order valence-electron chi connectivity index (χ2n) is 8.27. The molecule has 1 fully saturated rings. The first-order valence-corrected chi connectivity index (χ1v) is 10.7. The molecule has 0 spiro atoms. The molecule has 0 aliphatic carbocycles. The van der Waals surface area contributed by atoms with E-state index in [2.05, 4.69) is 40.7 Å². The van der Waals surface area contributed by atoms with E-state index in [0.29, 0.717) is 12.1 Å². The summed E-state index contributed by atoms with van der Waals surface area (Å²) in [5.74, 6) is 0.908. The number of nitrogens with two attached hydrogens (primary N) is 1. The number of rotatable bonds is 3. The molecule has 4 aromatic rings. The van der Waals surface area contributed by atoms with Crippen LogP contribution in [-0.4, -0.2) is 44.5 Å². The second-order valence-corrected chi connectivity index (χ2v) is 8.27. The Hall–Kier alpha value is -3.12. The van der Waals surface area contributed by atoms with Gasteiger partial charge in [-0.2, -0.15) is 0 Å². The molecule has 2 aromatic carbocycles. The molecule has 3 heterocycles.